The van der Waals surface area contributed by atoms with E-state index in [1.807, 2.05) is 102 Å². The van der Waals surface area contributed by atoms with Crippen LogP contribution in [0, 0.1) is 30.1 Å². The van der Waals surface area contributed by atoms with Crippen molar-refractivity contribution in [3.63, 3.8) is 0 Å². The van der Waals surface area contributed by atoms with Crippen molar-refractivity contribution >= 4 is 58.0 Å². The molecule has 66 heavy (non-hydrogen) atoms. The molecule has 3 aromatic carbocycles. The van der Waals surface area contributed by atoms with Crippen LogP contribution in [0.1, 0.15) is 108 Å². The summed E-state index contributed by atoms with van der Waals surface area (Å²) in [5.74, 6) is -1.04. The number of amides is 4. The van der Waals surface area contributed by atoms with Crippen LogP contribution >= 0.6 is 22.9 Å². The van der Waals surface area contributed by atoms with Crippen molar-refractivity contribution in [1.29, 1.82) is 0 Å². The van der Waals surface area contributed by atoms with Crippen LogP contribution in [-0.2, 0) is 23.9 Å². The third kappa shape index (κ3) is 11.6. The molecule has 2 aliphatic rings. The maximum atomic E-state index is 14.0. The highest BCUT2D eigenvalue weighted by Crippen LogP contribution is 2.55. The normalized spacial score (nSPS) is 19.6. The van der Waals surface area contributed by atoms with Gasteiger partial charge in [-0.3, -0.25) is 24.0 Å². The number of carbonyl (C=O) groups is 5. The molecule has 1 saturated carbocycles. The summed E-state index contributed by atoms with van der Waals surface area (Å²) in [6.45, 7) is 20.2. The molecule has 4 aromatic rings. The minimum absolute atomic E-state index is 0.0965. The predicted molar refractivity (Wildman–Crippen MR) is 260 cm³/mol. The number of carbonyl (C=O) groups excluding carboxylic acids is 5. The van der Waals surface area contributed by atoms with Gasteiger partial charge in [0.1, 0.15) is 30.5 Å². The highest BCUT2D eigenvalue weighted by Gasteiger charge is 2.64. The zero-order chi connectivity index (χ0) is 48.1. The SMILES string of the molecule is Cc1ccc(O[C@H]2C(C)(C)[C@H](NC(=O)c3ccc(NCCCCOCC(=O)NC(C(=O)N4CC(=O)CC4C(=O)N[C@H](C)c4ccc(-c5scnc5C)cc4)C(C)(C)C)cc3)C2(C)C)cc1Cl. The zero-order valence-electron chi connectivity index (χ0n) is 39.8. The number of ketones is 1. The lowest BCUT2D eigenvalue weighted by Crippen LogP contribution is -2.74. The fraction of sp³-hybridized carbons (Fsp3) is 0.490. The van der Waals surface area contributed by atoms with Gasteiger partial charge in [-0.2, -0.15) is 0 Å². The highest BCUT2D eigenvalue weighted by molar-refractivity contribution is 7.13. The average Bonchev–Trinajstić information content (AvgIpc) is 3.89. The second-order valence-corrected chi connectivity index (χ2v) is 21.2. The Kier molecular flexibility index (Phi) is 15.7. The van der Waals surface area contributed by atoms with Crippen LogP contribution in [0.3, 0.4) is 0 Å². The summed E-state index contributed by atoms with van der Waals surface area (Å²) in [4.78, 5) is 73.5. The number of nitrogens with zero attached hydrogens (tertiary/aromatic N) is 2. The summed E-state index contributed by atoms with van der Waals surface area (Å²) >= 11 is 7.91. The van der Waals surface area contributed by atoms with Crippen molar-refractivity contribution in [3.8, 4) is 16.2 Å². The minimum Gasteiger partial charge on any atom is -0.489 e. The molecular formula is C51H65ClN6O7S. The Hall–Kier alpha value is -5.31. The van der Waals surface area contributed by atoms with E-state index in [-0.39, 0.29) is 60.3 Å². The molecule has 4 N–H and O–H groups in total. The molecule has 0 spiro atoms. The lowest BCUT2D eigenvalue weighted by molar-refractivity contribution is -0.164. The summed E-state index contributed by atoms with van der Waals surface area (Å²) < 4.78 is 12.1. The van der Waals surface area contributed by atoms with Crippen molar-refractivity contribution in [2.45, 2.75) is 119 Å². The Morgan fingerprint density at radius 2 is 1.62 bits per heavy atom. The Morgan fingerprint density at radius 1 is 0.939 bits per heavy atom. The van der Waals surface area contributed by atoms with Gasteiger partial charge in [0, 0.05) is 52.7 Å². The molecule has 2 heterocycles. The van der Waals surface area contributed by atoms with E-state index >= 15 is 0 Å². The number of nitrogens with one attached hydrogen (secondary N) is 4. The maximum absolute atomic E-state index is 14.0. The van der Waals surface area contributed by atoms with E-state index in [0.717, 1.165) is 39.4 Å². The molecule has 4 amide bonds. The number of unbranched alkanes of at least 4 members (excludes halogenated alkanes) is 1. The van der Waals surface area contributed by atoms with E-state index < -0.39 is 35.2 Å². The number of rotatable bonds is 18. The number of hydrogen-bond acceptors (Lipinski definition) is 10. The quantitative estimate of drug-likeness (QED) is 0.0716. The smallest absolute Gasteiger partial charge is 0.251 e. The molecule has 1 aliphatic carbocycles. The first-order valence-corrected chi connectivity index (χ1v) is 23.9. The monoisotopic (exact) mass is 940 g/mol. The number of anilines is 1. The number of hydrogen-bond donors (Lipinski definition) is 4. The van der Waals surface area contributed by atoms with Gasteiger partial charge in [-0.05, 0) is 92.1 Å². The second kappa shape index (κ2) is 20.7. The molecule has 1 aromatic heterocycles. The third-order valence-electron chi connectivity index (χ3n) is 12.9. The van der Waals surface area contributed by atoms with E-state index in [4.69, 9.17) is 21.1 Å². The number of likely N-dealkylation sites (tertiary alicyclic amines) is 1. The predicted octanol–water partition coefficient (Wildman–Crippen LogP) is 8.48. The Morgan fingerprint density at radius 3 is 2.24 bits per heavy atom. The standard InChI is InChI=1S/C51H65ClN6O7S/c1-30-13-22-38(26-39(30)52)65-48-50(7,8)47(51(48,9)10)57-44(61)35-18-20-36(21-19-35)53-23-11-12-24-64-28-41(60)56-43(49(4,5)6)46(63)58-27-37(59)25-40(58)45(62)55-31(2)33-14-16-34(17-15-33)42-32(3)54-29-66-42/h13-22,26,29,31,40,43,47-48,53H,11-12,23-25,27-28H2,1-10H3,(H,55,62)(H,56,60)(H,57,61)/t31-,40?,43?,47-,48-/m1/s1. The van der Waals surface area contributed by atoms with Gasteiger partial charge in [-0.1, -0.05) is 90.4 Å². The summed E-state index contributed by atoms with van der Waals surface area (Å²) in [5, 5.41) is 13.1. The van der Waals surface area contributed by atoms with Crippen LogP contribution in [0.2, 0.25) is 5.02 Å². The number of halogens is 1. The van der Waals surface area contributed by atoms with Gasteiger partial charge in [0.05, 0.1) is 28.7 Å². The molecule has 6 rings (SSSR count). The van der Waals surface area contributed by atoms with Gasteiger partial charge >= 0.3 is 0 Å². The fourth-order valence-electron chi connectivity index (χ4n) is 9.33. The van der Waals surface area contributed by atoms with E-state index in [1.165, 1.54) is 4.90 Å². The summed E-state index contributed by atoms with van der Waals surface area (Å²) in [7, 11) is 0. The van der Waals surface area contributed by atoms with Gasteiger partial charge in [0.15, 0.2) is 5.78 Å². The molecule has 1 saturated heterocycles. The van der Waals surface area contributed by atoms with Crippen LogP contribution in [0.15, 0.2) is 72.2 Å². The molecule has 1 aliphatic heterocycles. The second-order valence-electron chi connectivity index (χ2n) is 19.9. The number of ether oxygens (including phenoxy) is 2. The van der Waals surface area contributed by atoms with Crippen LogP contribution in [-0.4, -0.2) is 89.8 Å². The number of aromatic nitrogens is 1. The van der Waals surface area contributed by atoms with Crippen LogP contribution in [0.5, 0.6) is 5.75 Å². The molecule has 2 unspecified atom stereocenters. The molecule has 354 valence electrons. The van der Waals surface area contributed by atoms with Crippen LogP contribution in [0.25, 0.3) is 10.4 Å². The number of Topliss-reactive ketones (excluding diaryl/α,β-unsaturated/α-hetero) is 1. The number of aryl methyl sites for hydroxylation is 2. The third-order valence-corrected chi connectivity index (χ3v) is 14.2. The minimum atomic E-state index is -0.995. The van der Waals surface area contributed by atoms with Crippen molar-refractivity contribution < 1.29 is 33.4 Å². The Balaban J connectivity index is 0.906. The Labute approximate surface area is 398 Å². The van der Waals surface area contributed by atoms with Gasteiger partial charge in [-0.15, -0.1) is 11.3 Å². The summed E-state index contributed by atoms with van der Waals surface area (Å²) in [5.41, 5.74) is 5.75. The lowest BCUT2D eigenvalue weighted by Gasteiger charge is -2.63. The summed E-state index contributed by atoms with van der Waals surface area (Å²) in [6.07, 6.45) is 1.22. The van der Waals surface area contributed by atoms with E-state index in [1.54, 1.807) is 23.5 Å². The Bertz CT molecular complexity index is 2380. The first-order chi connectivity index (χ1) is 31.1. The maximum Gasteiger partial charge on any atom is 0.251 e. The lowest BCUT2D eigenvalue weighted by atomic mass is 9.49. The van der Waals surface area contributed by atoms with Crippen molar-refractivity contribution in [1.82, 2.24) is 25.8 Å². The van der Waals surface area contributed by atoms with Crippen molar-refractivity contribution in [3.05, 3.63) is 99.6 Å². The topological polar surface area (TPSA) is 168 Å². The number of thiazole rings is 1. The van der Waals surface area contributed by atoms with Crippen LogP contribution in [0.4, 0.5) is 5.69 Å². The van der Waals surface area contributed by atoms with E-state index in [2.05, 4.69) is 53.9 Å². The fourth-order valence-corrected chi connectivity index (χ4v) is 10.3. The molecule has 0 radical (unpaired) electrons. The first kappa shape index (κ1) is 50.1. The molecule has 15 heteroatoms. The van der Waals surface area contributed by atoms with Crippen molar-refractivity contribution in [2.75, 3.05) is 31.6 Å². The average molecular weight is 942 g/mol. The van der Waals surface area contributed by atoms with Gasteiger partial charge in [0.25, 0.3) is 5.91 Å². The highest BCUT2D eigenvalue weighted by atomic mass is 35.5. The first-order valence-electron chi connectivity index (χ1n) is 22.7. The molecule has 2 fully saturated rings. The van der Waals surface area contributed by atoms with E-state index in [9.17, 15) is 24.0 Å². The molecule has 0 bridgehead atoms. The van der Waals surface area contributed by atoms with Gasteiger partial charge in [0.2, 0.25) is 17.7 Å². The summed E-state index contributed by atoms with van der Waals surface area (Å²) in [6, 6.07) is 18.5. The van der Waals surface area contributed by atoms with E-state index in [0.29, 0.717) is 35.9 Å². The molecular weight excluding hydrogens is 876 g/mol. The van der Waals surface area contributed by atoms with Gasteiger partial charge in [-0.25, -0.2) is 4.98 Å². The molecule has 3 atom stereocenters. The largest absolute Gasteiger partial charge is 0.489 e. The van der Waals surface area contributed by atoms with Gasteiger partial charge < -0.3 is 35.6 Å². The van der Waals surface area contributed by atoms with Crippen LogP contribution < -0.4 is 26.0 Å². The van der Waals surface area contributed by atoms with Crippen molar-refractivity contribution in [2.24, 2.45) is 16.2 Å². The number of benzene rings is 3. The molecule has 13 nitrogen and oxygen atoms in total. The zero-order valence-corrected chi connectivity index (χ0v) is 41.4.